The van der Waals surface area contributed by atoms with Crippen LogP contribution in [0.1, 0.15) is 41.8 Å². The van der Waals surface area contributed by atoms with Crippen molar-refractivity contribution in [2.24, 2.45) is 5.41 Å². The molecule has 2 unspecified atom stereocenters. The fraction of sp³-hybridized carbons (Fsp3) is 0.562. The third-order valence-corrected chi connectivity index (χ3v) is 4.88. The van der Waals surface area contributed by atoms with E-state index in [-0.39, 0.29) is 23.5 Å². The van der Waals surface area contributed by atoms with Crippen molar-refractivity contribution in [3.05, 3.63) is 34.9 Å². The Morgan fingerprint density at radius 2 is 2.20 bits per heavy atom. The molecule has 1 fully saturated rings. The van der Waals surface area contributed by atoms with E-state index in [1.807, 2.05) is 26.0 Å². The summed E-state index contributed by atoms with van der Waals surface area (Å²) < 4.78 is 0. The molecule has 0 bridgehead atoms. The average Bonchev–Trinajstić information content (AvgIpc) is 2.46. The van der Waals surface area contributed by atoms with Gasteiger partial charge in [0.05, 0.1) is 6.10 Å². The van der Waals surface area contributed by atoms with E-state index in [2.05, 4.69) is 16.7 Å². The zero-order valence-corrected chi connectivity index (χ0v) is 12.1. The van der Waals surface area contributed by atoms with Crippen LogP contribution in [0, 0.1) is 5.41 Å². The molecule has 4 heteroatoms. The SMILES string of the molecule is CC1(C)C(O)CC1NC(=O)c1ccc2c(c1)CNCC2. The van der Waals surface area contributed by atoms with Gasteiger partial charge in [0.25, 0.3) is 5.91 Å². The number of benzene rings is 1. The van der Waals surface area contributed by atoms with Crippen LogP contribution < -0.4 is 10.6 Å². The van der Waals surface area contributed by atoms with E-state index in [1.54, 1.807) is 0 Å². The molecule has 3 N–H and O–H groups in total. The number of nitrogens with one attached hydrogen (secondary N) is 2. The van der Waals surface area contributed by atoms with Crippen molar-refractivity contribution in [2.45, 2.75) is 45.4 Å². The number of hydrogen-bond donors (Lipinski definition) is 3. The molecule has 0 aromatic heterocycles. The Morgan fingerprint density at radius 3 is 2.90 bits per heavy atom. The molecule has 4 nitrogen and oxygen atoms in total. The normalized spacial score (nSPS) is 27.4. The monoisotopic (exact) mass is 274 g/mol. The highest BCUT2D eigenvalue weighted by atomic mass is 16.3. The molecule has 1 amide bonds. The molecular formula is C16H22N2O2. The summed E-state index contributed by atoms with van der Waals surface area (Å²) in [5.74, 6) is -0.0386. The second-order valence-electron chi connectivity index (χ2n) is 6.51. The molecule has 0 saturated heterocycles. The summed E-state index contributed by atoms with van der Waals surface area (Å²) in [4.78, 5) is 12.3. The van der Waals surface area contributed by atoms with Crippen molar-refractivity contribution >= 4 is 5.91 Å². The van der Waals surface area contributed by atoms with E-state index < -0.39 is 0 Å². The largest absolute Gasteiger partial charge is 0.392 e. The lowest BCUT2D eigenvalue weighted by Crippen LogP contribution is -2.61. The summed E-state index contributed by atoms with van der Waals surface area (Å²) in [5.41, 5.74) is 3.03. The minimum absolute atomic E-state index is 0.0386. The molecule has 20 heavy (non-hydrogen) atoms. The molecule has 1 saturated carbocycles. The second kappa shape index (κ2) is 4.86. The lowest BCUT2D eigenvalue weighted by Gasteiger charge is -2.49. The first kappa shape index (κ1) is 13.6. The van der Waals surface area contributed by atoms with E-state index in [9.17, 15) is 9.90 Å². The van der Waals surface area contributed by atoms with Crippen molar-refractivity contribution in [3.8, 4) is 0 Å². The number of fused-ring (bicyclic) bond motifs is 1. The number of rotatable bonds is 2. The molecule has 0 radical (unpaired) electrons. The second-order valence-corrected chi connectivity index (χ2v) is 6.51. The van der Waals surface area contributed by atoms with E-state index in [0.29, 0.717) is 12.0 Å². The lowest BCUT2D eigenvalue weighted by molar-refractivity contribution is -0.0689. The average molecular weight is 274 g/mol. The third-order valence-electron chi connectivity index (χ3n) is 4.88. The fourth-order valence-corrected chi connectivity index (χ4v) is 3.01. The Hall–Kier alpha value is -1.39. The van der Waals surface area contributed by atoms with E-state index in [0.717, 1.165) is 19.5 Å². The molecular weight excluding hydrogens is 252 g/mol. The Balaban J connectivity index is 1.72. The van der Waals surface area contributed by atoms with Crippen LogP contribution in [0.25, 0.3) is 0 Å². The molecule has 1 aromatic carbocycles. The van der Waals surface area contributed by atoms with Gasteiger partial charge in [-0.05, 0) is 42.6 Å². The van der Waals surface area contributed by atoms with E-state index in [4.69, 9.17) is 0 Å². The van der Waals surface area contributed by atoms with E-state index in [1.165, 1.54) is 11.1 Å². The predicted octanol–water partition coefficient (Wildman–Crippen LogP) is 1.22. The Bertz CT molecular complexity index is 539. The maximum atomic E-state index is 12.3. The van der Waals surface area contributed by atoms with Crippen molar-refractivity contribution in [3.63, 3.8) is 0 Å². The number of aliphatic hydroxyl groups is 1. The number of carbonyl (C=O) groups is 1. The van der Waals surface area contributed by atoms with Gasteiger partial charge >= 0.3 is 0 Å². The zero-order chi connectivity index (χ0) is 14.3. The smallest absolute Gasteiger partial charge is 0.251 e. The molecule has 1 aliphatic carbocycles. The van der Waals surface area contributed by atoms with Crippen LogP contribution >= 0.6 is 0 Å². The highest BCUT2D eigenvalue weighted by Crippen LogP contribution is 2.40. The van der Waals surface area contributed by atoms with E-state index >= 15 is 0 Å². The van der Waals surface area contributed by atoms with Crippen LogP contribution in [-0.2, 0) is 13.0 Å². The number of aliphatic hydroxyl groups excluding tert-OH is 1. The van der Waals surface area contributed by atoms with Gasteiger partial charge in [0.1, 0.15) is 0 Å². The predicted molar refractivity (Wildman–Crippen MR) is 77.5 cm³/mol. The van der Waals surface area contributed by atoms with Crippen LogP contribution in [0.15, 0.2) is 18.2 Å². The first-order valence-corrected chi connectivity index (χ1v) is 7.30. The van der Waals surface area contributed by atoms with Crippen molar-refractivity contribution in [1.29, 1.82) is 0 Å². The summed E-state index contributed by atoms with van der Waals surface area (Å²) >= 11 is 0. The third kappa shape index (κ3) is 2.23. The summed E-state index contributed by atoms with van der Waals surface area (Å²) in [5, 5.41) is 16.1. The first-order chi connectivity index (χ1) is 9.48. The molecule has 0 spiro atoms. The van der Waals surface area contributed by atoms with Crippen LogP contribution in [0.3, 0.4) is 0 Å². The summed E-state index contributed by atoms with van der Waals surface area (Å²) in [6.07, 6.45) is 1.35. The lowest BCUT2D eigenvalue weighted by atomic mass is 9.64. The zero-order valence-electron chi connectivity index (χ0n) is 12.1. The van der Waals surface area contributed by atoms with Gasteiger partial charge in [0.15, 0.2) is 0 Å². The van der Waals surface area contributed by atoms with Gasteiger partial charge in [-0.1, -0.05) is 19.9 Å². The molecule has 108 valence electrons. The summed E-state index contributed by atoms with van der Waals surface area (Å²) in [6.45, 7) is 5.82. The summed E-state index contributed by atoms with van der Waals surface area (Å²) in [6, 6.07) is 6.01. The Labute approximate surface area is 119 Å². The van der Waals surface area contributed by atoms with Crippen LogP contribution in [0.4, 0.5) is 0 Å². The minimum Gasteiger partial charge on any atom is -0.392 e. The van der Waals surface area contributed by atoms with Crippen molar-refractivity contribution in [2.75, 3.05) is 6.54 Å². The number of amides is 1. The quantitative estimate of drug-likeness (QED) is 0.760. The van der Waals surface area contributed by atoms with Crippen molar-refractivity contribution < 1.29 is 9.90 Å². The molecule has 2 atom stereocenters. The molecule has 2 aliphatic rings. The maximum Gasteiger partial charge on any atom is 0.251 e. The van der Waals surface area contributed by atoms with Crippen molar-refractivity contribution in [1.82, 2.24) is 10.6 Å². The molecule has 1 aromatic rings. The minimum atomic E-state index is -0.319. The maximum absolute atomic E-state index is 12.3. The number of hydrogen-bond acceptors (Lipinski definition) is 3. The van der Waals surface area contributed by atoms with Gasteiger partial charge < -0.3 is 15.7 Å². The Morgan fingerprint density at radius 1 is 1.40 bits per heavy atom. The Kier molecular flexibility index (Phi) is 3.30. The van der Waals surface area contributed by atoms with Gasteiger partial charge in [-0.3, -0.25) is 4.79 Å². The molecule has 3 rings (SSSR count). The first-order valence-electron chi connectivity index (χ1n) is 7.30. The van der Waals surface area contributed by atoms with Crippen LogP contribution in [0.2, 0.25) is 0 Å². The van der Waals surface area contributed by atoms with Gasteiger partial charge in [0, 0.05) is 23.6 Å². The van der Waals surface area contributed by atoms with Crippen LogP contribution in [0.5, 0.6) is 0 Å². The number of carbonyl (C=O) groups excluding carboxylic acids is 1. The van der Waals surface area contributed by atoms with Gasteiger partial charge in [-0.2, -0.15) is 0 Å². The highest BCUT2D eigenvalue weighted by molar-refractivity contribution is 5.94. The van der Waals surface area contributed by atoms with Gasteiger partial charge in [0.2, 0.25) is 0 Å². The van der Waals surface area contributed by atoms with Gasteiger partial charge in [-0.15, -0.1) is 0 Å². The molecule has 1 aliphatic heterocycles. The van der Waals surface area contributed by atoms with Gasteiger partial charge in [-0.25, -0.2) is 0 Å². The highest BCUT2D eigenvalue weighted by Gasteiger charge is 2.47. The standard InChI is InChI=1S/C16H22N2O2/c1-16(2)13(8-14(16)19)18-15(20)11-4-3-10-5-6-17-9-12(10)7-11/h3-4,7,13-14,17,19H,5-6,8-9H2,1-2H3,(H,18,20). The summed E-state index contributed by atoms with van der Waals surface area (Å²) in [7, 11) is 0. The topological polar surface area (TPSA) is 61.4 Å². The van der Waals surface area contributed by atoms with Crippen LogP contribution in [-0.4, -0.2) is 29.7 Å². The molecule has 1 heterocycles. The fourth-order valence-electron chi connectivity index (χ4n) is 3.01.